The van der Waals surface area contributed by atoms with E-state index in [2.05, 4.69) is 36.4 Å². The summed E-state index contributed by atoms with van der Waals surface area (Å²) in [5.41, 5.74) is 1.99. The molecule has 124 valence electrons. The molecule has 0 saturated carbocycles. The third kappa shape index (κ3) is 4.62. The molecule has 2 heterocycles. The number of rotatable bonds is 6. The number of hydrogen-bond acceptors (Lipinski definition) is 7. The number of carbonyl (C=O) groups is 1. The molecule has 3 aromatic rings. The lowest BCUT2D eigenvalue weighted by molar-refractivity contribution is -0.113. The van der Waals surface area contributed by atoms with E-state index in [9.17, 15) is 4.79 Å². The van der Waals surface area contributed by atoms with Gasteiger partial charge in [-0.15, -0.1) is 21.5 Å². The quantitative estimate of drug-likeness (QED) is 0.561. The second-order valence-corrected chi connectivity index (χ2v) is 8.76. The van der Waals surface area contributed by atoms with Gasteiger partial charge >= 0.3 is 0 Å². The third-order valence-electron chi connectivity index (χ3n) is 2.97. The smallest absolute Gasteiger partial charge is 0.236 e. The zero-order valence-electron chi connectivity index (χ0n) is 12.7. The van der Waals surface area contributed by atoms with E-state index in [4.69, 9.17) is 0 Å². The van der Waals surface area contributed by atoms with Gasteiger partial charge in [0.15, 0.2) is 4.34 Å². The molecule has 1 N–H and O–H groups in total. The maximum absolute atomic E-state index is 12.0. The molecule has 0 aliphatic rings. The number of nitrogens with one attached hydrogen (secondary N) is 1. The van der Waals surface area contributed by atoms with Crippen molar-refractivity contribution in [3.63, 3.8) is 0 Å². The van der Waals surface area contributed by atoms with Crippen molar-refractivity contribution < 1.29 is 4.79 Å². The zero-order chi connectivity index (χ0) is 16.9. The first-order valence-electron chi connectivity index (χ1n) is 7.10. The number of carbonyl (C=O) groups excluding carboxylic acids is 1. The Balaban J connectivity index is 1.55. The van der Waals surface area contributed by atoms with Crippen LogP contribution in [0.25, 0.3) is 11.3 Å². The molecule has 2 aromatic heterocycles. The molecule has 3 rings (SSSR count). The van der Waals surface area contributed by atoms with Crippen LogP contribution in [-0.2, 0) is 11.2 Å². The van der Waals surface area contributed by atoms with Gasteiger partial charge in [-0.25, -0.2) is 4.98 Å². The number of halogens is 1. The summed E-state index contributed by atoms with van der Waals surface area (Å²) in [6, 6.07) is 8.01. The van der Waals surface area contributed by atoms with E-state index in [1.807, 2.05) is 36.6 Å². The second-order valence-electron chi connectivity index (χ2n) is 4.70. The fourth-order valence-corrected chi connectivity index (χ4v) is 4.40. The predicted molar refractivity (Wildman–Crippen MR) is 104 cm³/mol. The van der Waals surface area contributed by atoms with Crippen LogP contribution in [0.5, 0.6) is 0 Å². The van der Waals surface area contributed by atoms with E-state index in [1.165, 1.54) is 34.4 Å². The van der Waals surface area contributed by atoms with Crippen molar-refractivity contribution in [3.05, 3.63) is 39.1 Å². The van der Waals surface area contributed by atoms with Gasteiger partial charge in [0.2, 0.25) is 11.0 Å². The van der Waals surface area contributed by atoms with Crippen molar-refractivity contribution in [2.24, 2.45) is 0 Å². The SMILES string of the molecule is CCc1nnc(NC(=O)CSc2nc(-c3ccc(Br)cc3)cs2)s1. The minimum Gasteiger partial charge on any atom is -0.300 e. The lowest BCUT2D eigenvalue weighted by Crippen LogP contribution is -2.13. The molecule has 0 unspecified atom stereocenters. The molecule has 0 saturated heterocycles. The van der Waals surface area contributed by atoms with E-state index >= 15 is 0 Å². The number of anilines is 1. The van der Waals surface area contributed by atoms with Crippen LogP contribution in [0.3, 0.4) is 0 Å². The average molecular weight is 441 g/mol. The van der Waals surface area contributed by atoms with Gasteiger partial charge in [0.05, 0.1) is 11.4 Å². The van der Waals surface area contributed by atoms with E-state index in [0.29, 0.717) is 10.9 Å². The summed E-state index contributed by atoms with van der Waals surface area (Å²) in [6.07, 6.45) is 0.820. The number of nitrogens with zero attached hydrogens (tertiary/aromatic N) is 3. The average Bonchev–Trinajstić information content (AvgIpc) is 3.23. The summed E-state index contributed by atoms with van der Waals surface area (Å²) in [5, 5.41) is 14.2. The molecule has 24 heavy (non-hydrogen) atoms. The van der Waals surface area contributed by atoms with E-state index in [0.717, 1.165) is 31.5 Å². The highest BCUT2D eigenvalue weighted by molar-refractivity contribution is 9.10. The van der Waals surface area contributed by atoms with Crippen LogP contribution >= 0.6 is 50.4 Å². The summed E-state index contributed by atoms with van der Waals surface area (Å²) in [6.45, 7) is 2.01. The van der Waals surface area contributed by atoms with Crippen molar-refractivity contribution in [3.8, 4) is 11.3 Å². The molecule has 5 nitrogen and oxygen atoms in total. The van der Waals surface area contributed by atoms with Gasteiger partial charge in [0, 0.05) is 15.4 Å². The Morgan fingerprint density at radius 1 is 1.29 bits per heavy atom. The highest BCUT2D eigenvalue weighted by Gasteiger charge is 2.10. The topological polar surface area (TPSA) is 67.8 Å². The standard InChI is InChI=1S/C15H13BrN4OS3/c1-2-13-19-20-14(24-13)18-12(21)8-23-15-17-11(7-22-15)9-3-5-10(16)6-4-9/h3-7H,2,8H2,1H3,(H,18,20,21). The van der Waals surface area contributed by atoms with Gasteiger partial charge in [-0.1, -0.05) is 58.1 Å². The lowest BCUT2D eigenvalue weighted by Gasteiger charge is -1.99. The summed E-state index contributed by atoms with van der Waals surface area (Å²) >= 11 is 7.79. The van der Waals surface area contributed by atoms with Crippen LogP contribution in [0.4, 0.5) is 5.13 Å². The highest BCUT2D eigenvalue weighted by Crippen LogP contribution is 2.29. The van der Waals surface area contributed by atoms with E-state index in [1.54, 1.807) is 0 Å². The van der Waals surface area contributed by atoms with Crippen molar-refractivity contribution in [2.45, 2.75) is 17.7 Å². The summed E-state index contributed by atoms with van der Waals surface area (Å²) in [7, 11) is 0. The normalized spacial score (nSPS) is 10.8. The van der Waals surface area contributed by atoms with Crippen LogP contribution in [0.15, 0.2) is 38.5 Å². The number of benzene rings is 1. The van der Waals surface area contributed by atoms with Crippen LogP contribution in [0.2, 0.25) is 0 Å². The molecule has 1 amide bonds. The lowest BCUT2D eigenvalue weighted by atomic mass is 10.2. The van der Waals surface area contributed by atoms with E-state index in [-0.39, 0.29) is 5.91 Å². The van der Waals surface area contributed by atoms with Gasteiger partial charge in [-0.05, 0) is 18.6 Å². The first kappa shape index (κ1) is 17.5. The Hall–Kier alpha value is -1.29. The number of thioether (sulfide) groups is 1. The highest BCUT2D eigenvalue weighted by atomic mass is 79.9. The number of aryl methyl sites for hydroxylation is 1. The first-order chi connectivity index (χ1) is 11.6. The fourth-order valence-electron chi connectivity index (χ4n) is 1.81. The van der Waals surface area contributed by atoms with Gasteiger partial charge in [0.1, 0.15) is 5.01 Å². The summed E-state index contributed by atoms with van der Waals surface area (Å²) < 4.78 is 1.91. The Kier molecular flexibility index (Phi) is 5.99. The van der Waals surface area contributed by atoms with E-state index < -0.39 is 0 Å². The summed E-state index contributed by atoms with van der Waals surface area (Å²) in [5.74, 6) is 0.202. The maximum Gasteiger partial charge on any atom is 0.236 e. The van der Waals surface area contributed by atoms with Crippen molar-refractivity contribution >= 4 is 61.4 Å². The monoisotopic (exact) mass is 440 g/mol. The number of aromatic nitrogens is 3. The van der Waals surface area contributed by atoms with Crippen molar-refractivity contribution in [1.29, 1.82) is 0 Å². The largest absolute Gasteiger partial charge is 0.300 e. The molecule has 0 atom stereocenters. The van der Waals surface area contributed by atoms with Crippen LogP contribution in [0, 0.1) is 0 Å². The Bertz CT molecular complexity index is 831. The van der Waals surface area contributed by atoms with Gasteiger partial charge < -0.3 is 0 Å². The van der Waals surface area contributed by atoms with Crippen molar-refractivity contribution in [1.82, 2.24) is 15.2 Å². The molecule has 0 aliphatic carbocycles. The third-order valence-corrected chi connectivity index (χ3v) is 6.50. The molecule has 0 aliphatic heterocycles. The zero-order valence-corrected chi connectivity index (χ0v) is 16.7. The molecule has 9 heteroatoms. The Morgan fingerprint density at radius 3 is 2.79 bits per heavy atom. The molecular formula is C15H13BrN4OS3. The van der Waals surface area contributed by atoms with Crippen LogP contribution in [0.1, 0.15) is 11.9 Å². The fraction of sp³-hybridized carbons (Fsp3) is 0.200. The minimum atomic E-state index is -0.0980. The molecule has 0 radical (unpaired) electrons. The summed E-state index contributed by atoms with van der Waals surface area (Å²) in [4.78, 5) is 16.5. The Morgan fingerprint density at radius 2 is 2.08 bits per heavy atom. The first-order valence-corrected chi connectivity index (χ1v) is 10.6. The van der Waals surface area contributed by atoms with Crippen molar-refractivity contribution in [2.75, 3.05) is 11.1 Å². The van der Waals surface area contributed by atoms with Gasteiger partial charge in [-0.3, -0.25) is 10.1 Å². The molecule has 0 bridgehead atoms. The van der Waals surface area contributed by atoms with Gasteiger partial charge in [-0.2, -0.15) is 0 Å². The van der Waals surface area contributed by atoms with Crippen LogP contribution < -0.4 is 5.32 Å². The molecule has 1 aromatic carbocycles. The second kappa shape index (κ2) is 8.19. The number of amides is 1. The molecule has 0 spiro atoms. The van der Waals surface area contributed by atoms with Gasteiger partial charge in [0.25, 0.3) is 0 Å². The predicted octanol–water partition coefficient (Wildman–Crippen LogP) is 4.72. The molecule has 0 fully saturated rings. The minimum absolute atomic E-state index is 0.0980. The number of thiazole rings is 1. The number of hydrogen-bond donors (Lipinski definition) is 1. The van der Waals surface area contributed by atoms with Crippen LogP contribution in [-0.4, -0.2) is 26.8 Å². The Labute approximate surface area is 160 Å². The molecular weight excluding hydrogens is 428 g/mol. The maximum atomic E-state index is 12.0.